The van der Waals surface area contributed by atoms with Crippen LogP contribution < -0.4 is 4.90 Å². The zero-order chi connectivity index (χ0) is 16.2. The molecule has 1 amide bonds. The van der Waals surface area contributed by atoms with Gasteiger partial charge in [0.05, 0.1) is 0 Å². The van der Waals surface area contributed by atoms with Crippen molar-refractivity contribution in [3.63, 3.8) is 0 Å². The predicted molar refractivity (Wildman–Crippen MR) is 88.6 cm³/mol. The van der Waals surface area contributed by atoms with Crippen molar-refractivity contribution in [2.24, 2.45) is 0 Å². The monoisotopic (exact) mass is 354 g/mol. The Morgan fingerprint density at radius 1 is 1.22 bits per heavy atom. The first-order valence-corrected chi connectivity index (χ1v) is 8.62. The lowest BCUT2D eigenvalue weighted by atomic mass is 10.1. The van der Waals surface area contributed by atoms with Crippen LogP contribution >= 0.6 is 23.1 Å². The van der Waals surface area contributed by atoms with E-state index in [1.165, 1.54) is 23.7 Å². The second-order valence-corrected chi connectivity index (χ2v) is 6.30. The average Bonchev–Trinajstić information content (AvgIpc) is 3.05. The summed E-state index contributed by atoms with van der Waals surface area (Å²) in [6.07, 6.45) is 0.585. The first-order chi connectivity index (χ1) is 11.2. The Balaban J connectivity index is 1.59. The third-order valence-electron chi connectivity index (χ3n) is 3.75. The van der Waals surface area contributed by atoms with Gasteiger partial charge in [0.25, 0.3) is 0 Å². The molecule has 8 heteroatoms. The van der Waals surface area contributed by atoms with Gasteiger partial charge in [0.2, 0.25) is 11.0 Å². The predicted octanol–water partition coefficient (Wildman–Crippen LogP) is 2.16. The molecule has 0 aliphatic carbocycles. The lowest BCUT2D eigenvalue weighted by Gasteiger charge is -2.34. The van der Waals surface area contributed by atoms with E-state index in [1.54, 1.807) is 17.0 Å². The first-order valence-electron chi connectivity index (χ1n) is 7.31. The smallest absolute Gasteiger partial charge is 0.237 e. The van der Waals surface area contributed by atoms with Crippen LogP contribution in [0.5, 0.6) is 0 Å². The number of carbonyl (C=O) groups is 1. The zero-order valence-corrected chi connectivity index (χ0v) is 14.0. The molecule has 1 aromatic heterocycles. The number of halogens is 2. The molecule has 0 spiro atoms. The van der Waals surface area contributed by atoms with Crippen molar-refractivity contribution in [1.29, 1.82) is 0 Å². The van der Waals surface area contributed by atoms with E-state index >= 15 is 0 Å². The van der Waals surface area contributed by atoms with Gasteiger partial charge in [-0.2, -0.15) is 4.37 Å². The first kappa shape index (κ1) is 16.1. The number of amides is 1. The minimum atomic E-state index is -0.245. The van der Waals surface area contributed by atoms with Gasteiger partial charge in [0, 0.05) is 44.1 Å². The number of anilines is 1. The highest BCUT2D eigenvalue weighted by Crippen LogP contribution is 2.20. The number of aromatic nitrogens is 2. The second kappa shape index (κ2) is 7.23. The number of alkyl halides is 1. The molecule has 2 heterocycles. The highest BCUT2D eigenvalue weighted by Gasteiger charge is 2.22. The Morgan fingerprint density at radius 2 is 1.91 bits per heavy atom. The summed E-state index contributed by atoms with van der Waals surface area (Å²) in [5.41, 5.74) is 0.980. The molecule has 0 bridgehead atoms. The number of hydrogen-bond donors (Lipinski definition) is 0. The molecule has 3 rings (SSSR count). The number of piperazine rings is 1. The number of carbonyl (C=O) groups excluding carboxylic acids is 1. The molecule has 1 aromatic carbocycles. The highest BCUT2D eigenvalue weighted by molar-refractivity contribution is 7.09. The van der Waals surface area contributed by atoms with Crippen molar-refractivity contribution in [3.05, 3.63) is 41.5 Å². The van der Waals surface area contributed by atoms with Crippen molar-refractivity contribution in [3.8, 4) is 0 Å². The fourth-order valence-corrected chi connectivity index (χ4v) is 3.37. The highest BCUT2D eigenvalue weighted by atomic mass is 35.5. The van der Waals surface area contributed by atoms with Gasteiger partial charge < -0.3 is 9.80 Å². The van der Waals surface area contributed by atoms with Crippen LogP contribution in [0.2, 0.25) is 0 Å². The Morgan fingerprint density at radius 3 is 2.57 bits per heavy atom. The quantitative estimate of drug-likeness (QED) is 0.789. The van der Waals surface area contributed by atoms with Gasteiger partial charge in [-0.3, -0.25) is 4.79 Å². The Bertz CT molecular complexity index is 670. The largest absolute Gasteiger partial charge is 0.343 e. The number of benzene rings is 1. The van der Waals surface area contributed by atoms with Crippen LogP contribution in [-0.2, 0) is 11.2 Å². The maximum atomic E-state index is 12.9. The topological polar surface area (TPSA) is 49.3 Å². The molecule has 0 radical (unpaired) electrons. The van der Waals surface area contributed by atoms with Crippen molar-refractivity contribution < 1.29 is 9.18 Å². The van der Waals surface area contributed by atoms with E-state index < -0.39 is 0 Å². The lowest BCUT2D eigenvalue weighted by Crippen LogP contribution is -2.49. The lowest BCUT2D eigenvalue weighted by molar-refractivity contribution is -0.128. The number of rotatable bonds is 4. The minimum absolute atomic E-state index is 0.0272. The molecule has 0 saturated carbocycles. The molecule has 0 N–H and O–H groups in total. The average molecular weight is 355 g/mol. The summed E-state index contributed by atoms with van der Waals surface area (Å²) in [6.45, 7) is 2.76. The standard InChI is InChI=1S/C15H16ClFN4OS/c16-10-14(22)20-5-7-21(8-6-20)15-18-13(19-23-15)9-11-1-3-12(17)4-2-11/h1-4H,5-10H2. The molecule has 1 saturated heterocycles. The second-order valence-electron chi connectivity index (χ2n) is 5.30. The van der Waals surface area contributed by atoms with Crippen molar-refractivity contribution in [1.82, 2.24) is 14.3 Å². The van der Waals surface area contributed by atoms with Crippen molar-refractivity contribution >= 4 is 34.2 Å². The maximum absolute atomic E-state index is 12.9. The summed E-state index contributed by atoms with van der Waals surface area (Å²) < 4.78 is 17.3. The van der Waals surface area contributed by atoms with Crippen LogP contribution in [0.25, 0.3) is 0 Å². The molecule has 1 fully saturated rings. The Labute approximate surface area is 142 Å². The summed E-state index contributed by atoms with van der Waals surface area (Å²) in [5.74, 6) is 0.488. The molecule has 1 aliphatic rings. The van der Waals surface area contributed by atoms with E-state index in [2.05, 4.69) is 14.3 Å². The number of hydrogen-bond acceptors (Lipinski definition) is 5. The summed E-state index contributed by atoms with van der Waals surface area (Å²) in [6, 6.07) is 6.37. The Kier molecular flexibility index (Phi) is 5.07. The molecule has 2 aromatic rings. The van der Waals surface area contributed by atoms with Crippen LogP contribution in [0.4, 0.5) is 9.52 Å². The molecule has 0 atom stereocenters. The zero-order valence-electron chi connectivity index (χ0n) is 12.4. The fraction of sp³-hybridized carbons (Fsp3) is 0.400. The van der Waals surface area contributed by atoms with Gasteiger partial charge in [-0.25, -0.2) is 9.37 Å². The molecule has 122 valence electrons. The summed E-state index contributed by atoms with van der Waals surface area (Å²) >= 11 is 6.94. The molecule has 5 nitrogen and oxygen atoms in total. The SMILES string of the molecule is O=C(CCl)N1CCN(c2nc(Cc3ccc(F)cc3)ns2)CC1. The van der Waals surface area contributed by atoms with Crippen LogP contribution in [0.3, 0.4) is 0 Å². The molecule has 0 unspecified atom stereocenters. The summed E-state index contributed by atoms with van der Waals surface area (Å²) in [4.78, 5) is 20.0. The van der Waals surface area contributed by atoms with Crippen LogP contribution in [0, 0.1) is 5.82 Å². The third kappa shape index (κ3) is 3.97. The Hall–Kier alpha value is -1.73. The van der Waals surface area contributed by atoms with Crippen LogP contribution in [-0.4, -0.2) is 52.2 Å². The van der Waals surface area contributed by atoms with Gasteiger partial charge in [-0.15, -0.1) is 11.6 Å². The van der Waals surface area contributed by atoms with Crippen LogP contribution in [0.1, 0.15) is 11.4 Å². The summed E-state index contributed by atoms with van der Waals surface area (Å²) in [5, 5.41) is 0.861. The van der Waals surface area contributed by atoms with Gasteiger partial charge >= 0.3 is 0 Å². The molecular weight excluding hydrogens is 339 g/mol. The fourth-order valence-electron chi connectivity index (χ4n) is 2.46. The van der Waals surface area contributed by atoms with E-state index in [4.69, 9.17) is 11.6 Å². The van der Waals surface area contributed by atoms with E-state index in [9.17, 15) is 9.18 Å². The third-order valence-corrected chi connectivity index (χ3v) is 4.79. The van der Waals surface area contributed by atoms with Crippen molar-refractivity contribution in [2.75, 3.05) is 37.0 Å². The van der Waals surface area contributed by atoms with E-state index in [0.29, 0.717) is 19.5 Å². The van der Waals surface area contributed by atoms with E-state index in [0.717, 1.165) is 29.6 Å². The van der Waals surface area contributed by atoms with Crippen molar-refractivity contribution in [2.45, 2.75) is 6.42 Å². The number of nitrogens with zero attached hydrogens (tertiary/aromatic N) is 4. The minimum Gasteiger partial charge on any atom is -0.343 e. The molecule has 23 heavy (non-hydrogen) atoms. The van der Waals surface area contributed by atoms with Gasteiger partial charge in [-0.1, -0.05) is 12.1 Å². The van der Waals surface area contributed by atoms with Gasteiger partial charge in [-0.05, 0) is 17.7 Å². The molecular formula is C15H16ClFN4OS. The normalized spacial score (nSPS) is 15.0. The molecule has 1 aliphatic heterocycles. The van der Waals surface area contributed by atoms with Gasteiger partial charge in [0.15, 0.2) is 0 Å². The van der Waals surface area contributed by atoms with Crippen LogP contribution in [0.15, 0.2) is 24.3 Å². The van der Waals surface area contributed by atoms with E-state index in [-0.39, 0.29) is 17.6 Å². The summed E-state index contributed by atoms with van der Waals surface area (Å²) in [7, 11) is 0. The van der Waals surface area contributed by atoms with E-state index in [1.807, 2.05) is 0 Å². The van der Waals surface area contributed by atoms with Gasteiger partial charge in [0.1, 0.15) is 17.5 Å². The maximum Gasteiger partial charge on any atom is 0.237 e.